The number of nitrogens with zero attached hydrogens (tertiary/aromatic N) is 1. The van der Waals surface area contributed by atoms with Gasteiger partial charge >= 0.3 is 0 Å². The first-order valence-electron chi connectivity index (χ1n) is 7.34. The zero-order valence-corrected chi connectivity index (χ0v) is 13.1. The van der Waals surface area contributed by atoms with E-state index < -0.39 is 10.0 Å². The van der Waals surface area contributed by atoms with Crippen molar-refractivity contribution in [2.75, 3.05) is 6.54 Å². The third-order valence-corrected chi connectivity index (χ3v) is 6.38. The molecule has 4 heteroatoms. The molecule has 1 aliphatic carbocycles. The van der Waals surface area contributed by atoms with Crippen LogP contribution in [-0.4, -0.2) is 25.3 Å². The second-order valence-corrected chi connectivity index (χ2v) is 8.00. The fourth-order valence-electron chi connectivity index (χ4n) is 3.19. The van der Waals surface area contributed by atoms with E-state index in [0.717, 1.165) is 24.0 Å². The highest BCUT2D eigenvalue weighted by Gasteiger charge is 2.49. The highest BCUT2D eigenvalue weighted by atomic mass is 32.2. The minimum atomic E-state index is -3.46. The molecule has 1 aliphatic heterocycles. The molecule has 1 heterocycles. The summed E-state index contributed by atoms with van der Waals surface area (Å²) in [5, 5.41) is 0. The van der Waals surface area contributed by atoms with E-state index in [4.69, 9.17) is 0 Å². The Morgan fingerprint density at radius 1 is 1.24 bits per heavy atom. The van der Waals surface area contributed by atoms with Gasteiger partial charge in [-0.2, -0.15) is 4.31 Å². The van der Waals surface area contributed by atoms with Crippen molar-refractivity contribution in [3.63, 3.8) is 0 Å². The van der Waals surface area contributed by atoms with Crippen molar-refractivity contribution in [3.8, 4) is 0 Å². The first-order valence-corrected chi connectivity index (χ1v) is 8.78. The van der Waals surface area contributed by atoms with E-state index in [9.17, 15) is 8.42 Å². The van der Waals surface area contributed by atoms with Crippen LogP contribution in [0.2, 0.25) is 0 Å². The maximum Gasteiger partial charge on any atom is 0.243 e. The van der Waals surface area contributed by atoms with Gasteiger partial charge in [-0.3, -0.25) is 0 Å². The molecule has 0 spiro atoms. The van der Waals surface area contributed by atoms with Gasteiger partial charge in [0.15, 0.2) is 0 Å². The standard InChI is InChI=1S/C17H21NO2S/c1-4-16-13(3)11-18(17(16)14-7-8-14)21(19,20)15-9-5-12(2)6-10-15/h4-6,9-10,14,16-17H,1,3,7-8,11H2,2H3/t16-,17-/m1/s1. The van der Waals surface area contributed by atoms with Crippen molar-refractivity contribution >= 4 is 10.0 Å². The fraction of sp³-hybridized carbons (Fsp3) is 0.412. The molecule has 2 fully saturated rings. The quantitative estimate of drug-likeness (QED) is 0.801. The molecular formula is C17H21NO2S. The van der Waals surface area contributed by atoms with Crippen LogP contribution < -0.4 is 0 Å². The normalized spacial score (nSPS) is 27.0. The summed E-state index contributed by atoms with van der Waals surface area (Å²) in [6.45, 7) is 10.3. The highest BCUT2D eigenvalue weighted by Crippen LogP contribution is 2.46. The van der Waals surface area contributed by atoms with Crippen molar-refractivity contribution in [3.05, 3.63) is 54.6 Å². The van der Waals surface area contributed by atoms with Gasteiger partial charge in [0, 0.05) is 18.5 Å². The molecule has 112 valence electrons. The molecule has 0 bridgehead atoms. The lowest BCUT2D eigenvalue weighted by Crippen LogP contribution is -2.39. The molecule has 1 aromatic rings. The Kier molecular flexibility index (Phi) is 3.54. The third kappa shape index (κ3) is 2.47. The van der Waals surface area contributed by atoms with Crippen LogP contribution in [0.15, 0.2) is 54.0 Å². The van der Waals surface area contributed by atoms with Gasteiger partial charge in [0.1, 0.15) is 0 Å². The fourth-order valence-corrected chi connectivity index (χ4v) is 4.90. The molecule has 0 N–H and O–H groups in total. The van der Waals surface area contributed by atoms with Crippen molar-refractivity contribution in [2.45, 2.75) is 30.7 Å². The van der Waals surface area contributed by atoms with Crippen LogP contribution in [0.1, 0.15) is 18.4 Å². The summed E-state index contributed by atoms with van der Waals surface area (Å²) in [7, 11) is -3.46. The summed E-state index contributed by atoms with van der Waals surface area (Å²) < 4.78 is 27.5. The Balaban J connectivity index is 1.99. The van der Waals surface area contributed by atoms with E-state index in [1.165, 1.54) is 0 Å². The van der Waals surface area contributed by atoms with E-state index in [2.05, 4.69) is 13.2 Å². The van der Waals surface area contributed by atoms with Crippen LogP contribution in [-0.2, 0) is 10.0 Å². The van der Waals surface area contributed by atoms with E-state index in [-0.39, 0.29) is 12.0 Å². The average molecular weight is 303 g/mol. The molecule has 21 heavy (non-hydrogen) atoms. The summed E-state index contributed by atoms with van der Waals surface area (Å²) in [6.07, 6.45) is 4.06. The summed E-state index contributed by atoms with van der Waals surface area (Å²) in [6, 6.07) is 7.07. The van der Waals surface area contributed by atoms with Crippen LogP contribution >= 0.6 is 0 Å². The number of hydrogen-bond donors (Lipinski definition) is 0. The highest BCUT2D eigenvalue weighted by molar-refractivity contribution is 7.89. The van der Waals surface area contributed by atoms with Gasteiger partial charge in [-0.25, -0.2) is 8.42 Å². The predicted octanol–water partition coefficient (Wildman–Crippen LogP) is 3.14. The number of benzene rings is 1. The monoisotopic (exact) mass is 303 g/mol. The molecule has 0 unspecified atom stereocenters. The molecule has 2 aliphatic rings. The summed E-state index contributed by atoms with van der Waals surface area (Å²) in [4.78, 5) is 0.372. The predicted molar refractivity (Wildman–Crippen MR) is 84.4 cm³/mol. The van der Waals surface area contributed by atoms with Crippen LogP contribution in [0.5, 0.6) is 0 Å². The van der Waals surface area contributed by atoms with E-state index in [1.54, 1.807) is 16.4 Å². The van der Waals surface area contributed by atoms with E-state index in [0.29, 0.717) is 17.4 Å². The minimum absolute atomic E-state index is 0.00121. The van der Waals surface area contributed by atoms with Gasteiger partial charge in [0.2, 0.25) is 10.0 Å². The Bertz CT molecular complexity index is 671. The number of rotatable bonds is 4. The van der Waals surface area contributed by atoms with Gasteiger partial charge in [0.05, 0.1) is 4.90 Å². The van der Waals surface area contributed by atoms with E-state index in [1.807, 2.05) is 25.1 Å². The smallest absolute Gasteiger partial charge is 0.207 e. The Labute approximate surface area is 127 Å². The van der Waals surface area contributed by atoms with Gasteiger partial charge < -0.3 is 0 Å². The molecule has 3 nitrogen and oxygen atoms in total. The summed E-state index contributed by atoms with van der Waals surface area (Å²) in [5.41, 5.74) is 2.01. The number of hydrogen-bond acceptors (Lipinski definition) is 2. The van der Waals surface area contributed by atoms with Crippen molar-refractivity contribution in [1.29, 1.82) is 0 Å². The zero-order chi connectivity index (χ0) is 15.2. The summed E-state index contributed by atoms with van der Waals surface area (Å²) in [5.74, 6) is 0.533. The first-order chi connectivity index (χ1) is 9.95. The van der Waals surface area contributed by atoms with Gasteiger partial charge in [0.25, 0.3) is 0 Å². The van der Waals surface area contributed by atoms with Crippen LogP contribution in [0.4, 0.5) is 0 Å². The number of aryl methyl sites for hydroxylation is 1. The summed E-state index contributed by atoms with van der Waals surface area (Å²) >= 11 is 0. The molecule has 0 aromatic heterocycles. The van der Waals surface area contributed by atoms with Gasteiger partial charge in [-0.05, 0) is 37.8 Å². The van der Waals surface area contributed by atoms with Crippen molar-refractivity contribution < 1.29 is 8.42 Å². The second-order valence-electron chi connectivity index (χ2n) is 6.11. The van der Waals surface area contributed by atoms with Crippen LogP contribution in [0.3, 0.4) is 0 Å². The lowest BCUT2D eigenvalue weighted by atomic mass is 9.94. The topological polar surface area (TPSA) is 37.4 Å². The third-order valence-electron chi connectivity index (χ3n) is 4.52. The van der Waals surface area contributed by atoms with Crippen LogP contribution in [0.25, 0.3) is 0 Å². The Morgan fingerprint density at radius 2 is 1.86 bits per heavy atom. The molecule has 1 saturated carbocycles. The lowest BCUT2D eigenvalue weighted by Gasteiger charge is -2.26. The van der Waals surface area contributed by atoms with Crippen LogP contribution in [0, 0.1) is 18.8 Å². The Hall–Kier alpha value is -1.39. The SMILES string of the molecule is C=C[C@@H]1C(=C)CN(S(=O)(=O)c2ccc(C)cc2)[C@@H]1C1CC1. The zero-order valence-electron chi connectivity index (χ0n) is 12.3. The second kappa shape index (κ2) is 5.11. The Morgan fingerprint density at radius 3 is 2.38 bits per heavy atom. The van der Waals surface area contributed by atoms with Crippen molar-refractivity contribution in [1.82, 2.24) is 4.31 Å². The maximum absolute atomic E-state index is 12.9. The maximum atomic E-state index is 12.9. The molecule has 2 atom stereocenters. The molecular weight excluding hydrogens is 282 g/mol. The first kappa shape index (κ1) is 14.5. The molecule has 0 radical (unpaired) electrons. The molecule has 1 aromatic carbocycles. The van der Waals surface area contributed by atoms with Crippen molar-refractivity contribution in [2.24, 2.45) is 11.8 Å². The molecule has 0 amide bonds. The van der Waals surface area contributed by atoms with E-state index >= 15 is 0 Å². The largest absolute Gasteiger partial charge is 0.243 e. The minimum Gasteiger partial charge on any atom is -0.207 e. The van der Waals surface area contributed by atoms with Gasteiger partial charge in [-0.15, -0.1) is 6.58 Å². The molecule has 1 saturated heterocycles. The van der Waals surface area contributed by atoms with Gasteiger partial charge in [-0.1, -0.05) is 35.9 Å². The lowest BCUT2D eigenvalue weighted by molar-refractivity contribution is 0.330. The molecule has 3 rings (SSSR count). The average Bonchev–Trinajstić information content (AvgIpc) is 3.22. The number of sulfonamides is 1.